The highest BCUT2D eigenvalue weighted by molar-refractivity contribution is 5.79. The van der Waals surface area contributed by atoms with Crippen LogP contribution in [-0.2, 0) is 4.79 Å². The Kier molecular flexibility index (Phi) is 6.52. The van der Waals surface area contributed by atoms with Gasteiger partial charge in [0, 0.05) is 13.1 Å². The SMILES string of the molecule is CCCNC(CCN1CCC(CC)C1)C(N)=O. The predicted octanol–water partition coefficient (Wildman–Crippen LogP) is 0.962. The van der Waals surface area contributed by atoms with Crippen LogP contribution in [-0.4, -0.2) is 43.0 Å². The molecule has 17 heavy (non-hydrogen) atoms. The summed E-state index contributed by atoms with van der Waals surface area (Å²) in [7, 11) is 0. The third kappa shape index (κ3) is 5.04. The Morgan fingerprint density at radius 2 is 2.29 bits per heavy atom. The van der Waals surface area contributed by atoms with Crippen LogP contribution in [0.25, 0.3) is 0 Å². The van der Waals surface area contributed by atoms with Gasteiger partial charge in [0.15, 0.2) is 0 Å². The van der Waals surface area contributed by atoms with Crippen LogP contribution >= 0.6 is 0 Å². The van der Waals surface area contributed by atoms with E-state index in [4.69, 9.17) is 5.73 Å². The van der Waals surface area contributed by atoms with Gasteiger partial charge in [0.1, 0.15) is 0 Å². The van der Waals surface area contributed by atoms with Gasteiger partial charge in [-0.2, -0.15) is 0 Å². The molecule has 1 amide bonds. The molecule has 0 bridgehead atoms. The third-order valence-electron chi connectivity index (χ3n) is 3.67. The van der Waals surface area contributed by atoms with Crippen LogP contribution in [0.5, 0.6) is 0 Å². The summed E-state index contributed by atoms with van der Waals surface area (Å²) in [6.45, 7) is 8.57. The molecule has 0 aromatic rings. The number of carbonyl (C=O) groups excluding carboxylic acids is 1. The summed E-state index contributed by atoms with van der Waals surface area (Å²) in [6.07, 6.45) is 4.45. The minimum absolute atomic E-state index is 0.157. The molecule has 2 atom stereocenters. The van der Waals surface area contributed by atoms with Crippen LogP contribution in [0.1, 0.15) is 39.5 Å². The molecule has 0 aromatic carbocycles. The maximum Gasteiger partial charge on any atom is 0.234 e. The summed E-state index contributed by atoms with van der Waals surface area (Å²) in [5.74, 6) is 0.635. The van der Waals surface area contributed by atoms with Gasteiger partial charge in [0.25, 0.3) is 0 Å². The second-order valence-electron chi connectivity index (χ2n) is 5.06. The number of nitrogens with two attached hydrogens (primary N) is 1. The summed E-state index contributed by atoms with van der Waals surface area (Å²) >= 11 is 0. The molecule has 1 aliphatic heterocycles. The van der Waals surface area contributed by atoms with E-state index in [2.05, 4.69) is 24.1 Å². The standard InChI is InChI=1S/C13H27N3O/c1-3-7-15-12(13(14)17)6-9-16-8-5-11(4-2)10-16/h11-12,15H,3-10H2,1-2H3,(H2,14,17). The van der Waals surface area contributed by atoms with E-state index in [0.29, 0.717) is 0 Å². The number of amides is 1. The first-order chi connectivity index (χ1) is 8.17. The topological polar surface area (TPSA) is 58.4 Å². The van der Waals surface area contributed by atoms with Crippen LogP contribution in [0, 0.1) is 5.92 Å². The lowest BCUT2D eigenvalue weighted by Gasteiger charge is -2.20. The highest BCUT2D eigenvalue weighted by Gasteiger charge is 2.22. The van der Waals surface area contributed by atoms with Gasteiger partial charge in [-0.1, -0.05) is 20.3 Å². The molecule has 4 heteroatoms. The Morgan fingerprint density at radius 3 is 2.82 bits per heavy atom. The molecular weight excluding hydrogens is 214 g/mol. The van der Waals surface area contributed by atoms with Crippen molar-refractivity contribution >= 4 is 5.91 Å². The fourth-order valence-corrected chi connectivity index (χ4v) is 2.42. The Hall–Kier alpha value is -0.610. The summed E-state index contributed by atoms with van der Waals surface area (Å²) in [6, 6.07) is -0.157. The summed E-state index contributed by atoms with van der Waals surface area (Å²) in [5, 5.41) is 3.22. The van der Waals surface area contributed by atoms with Crippen LogP contribution < -0.4 is 11.1 Å². The molecule has 0 aromatic heterocycles. The lowest BCUT2D eigenvalue weighted by Crippen LogP contribution is -2.43. The molecule has 0 radical (unpaired) electrons. The number of hydrogen-bond donors (Lipinski definition) is 2. The molecule has 1 rings (SSSR count). The van der Waals surface area contributed by atoms with Crippen molar-refractivity contribution < 1.29 is 4.79 Å². The molecule has 1 heterocycles. The van der Waals surface area contributed by atoms with Crippen molar-refractivity contribution in [1.29, 1.82) is 0 Å². The maximum absolute atomic E-state index is 11.3. The second-order valence-corrected chi connectivity index (χ2v) is 5.06. The molecular formula is C13H27N3O. The quantitative estimate of drug-likeness (QED) is 0.665. The van der Waals surface area contributed by atoms with Crippen LogP contribution in [0.3, 0.4) is 0 Å². The zero-order chi connectivity index (χ0) is 12.7. The second kappa shape index (κ2) is 7.67. The minimum atomic E-state index is -0.218. The van der Waals surface area contributed by atoms with Gasteiger partial charge in [0.2, 0.25) is 5.91 Å². The summed E-state index contributed by atoms with van der Waals surface area (Å²) < 4.78 is 0. The number of hydrogen-bond acceptors (Lipinski definition) is 3. The van der Waals surface area contributed by atoms with Gasteiger partial charge in [-0.25, -0.2) is 0 Å². The summed E-state index contributed by atoms with van der Waals surface area (Å²) in [5.41, 5.74) is 5.40. The Morgan fingerprint density at radius 1 is 1.53 bits per heavy atom. The highest BCUT2D eigenvalue weighted by atomic mass is 16.1. The summed E-state index contributed by atoms with van der Waals surface area (Å²) in [4.78, 5) is 13.7. The molecule has 1 fully saturated rings. The van der Waals surface area contributed by atoms with E-state index >= 15 is 0 Å². The number of rotatable bonds is 8. The van der Waals surface area contributed by atoms with Crippen molar-refractivity contribution in [2.75, 3.05) is 26.2 Å². The fourth-order valence-electron chi connectivity index (χ4n) is 2.42. The number of carbonyl (C=O) groups is 1. The van der Waals surface area contributed by atoms with Crippen molar-refractivity contribution in [1.82, 2.24) is 10.2 Å². The van der Waals surface area contributed by atoms with Gasteiger partial charge >= 0.3 is 0 Å². The first kappa shape index (κ1) is 14.5. The smallest absolute Gasteiger partial charge is 0.234 e. The van der Waals surface area contributed by atoms with Crippen molar-refractivity contribution in [3.63, 3.8) is 0 Å². The van der Waals surface area contributed by atoms with E-state index in [-0.39, 0.29) is 11.9 Å². The Balaban J connectivity index is 2.24. The monoisotopic (exact) mass is 241 g/mol. The molecule has 3 N–H and O–H groups in total. The van der Waals surface area contributed by atoms with Crippen molar-refractivity contribution in [3.8, 4) is 0 Å². The van der Waals surface area contributed by atoms with Gasteiger partial charge in [-0.05, 0) is 38.3 Å². The van der Waals surface area contributed by atoms with E-state index < -0.39 is 0 Å². The molecule has 2 unspecified atom stereocenters. The zero-order valence-electron chi connectivity index (χ0n) is 11.2. The van der Waals surface area contributed by atoms with E-state index in [9.17, 15) is 4.79 Å². The highest BCUT2D eigenvalue weighted by Crippen LogP contribution is 2.19. The van der Waals surface area contributed by atoms with E-state index in [1.165, 1.54) is 25.9 Å². The molecule has 0 saturated carbocycles. The van der Waals surface area contributed by atoms with Crippen LogP contribution in [0.15, 0.2) is 0 Å². The van der Waals surface area contributed by atoms with E-state index in [1.54, 1.807) is 0 Å². The first-order valence-electron chi connectivity index (χ1n) is 6.92. The molecule has 4 nitrogen and oxygen atoms in total. The Bertz CT molecular complexity index is 233. The molecule has 1 saturated heterocycles. The minimum Gasteiger partial charge on any atom is -0.368 e. The average molecular weight is 241 g/mol. The first-order valence-corrected chi connectivity index (χ1v) is 6.92. The normalized spacial score (nSPS) is 22.8. The lowest BCUT2D eigenvalue weighted by atomic mass is 10.1. The number of likely N-dealkylation sites (tertiary alicyclic amines) is 1. The van der Waals surface area contributed by atoms with Crippen molar-refractivity contribution in [2.45, 2.75) is 45.6 Å². The molecule has 100 valence electrons. The third-order valence-corrected chi connectivity index (χ3v) is 3.67. The lowest BCUT2D eigenvalue weighted by molar-refractivity contribution is -0.120. The zero-order valence-corrected chi connectivity index (χ0v) is 11.2. The predicted molar refractivity (Wildman–Crippen MR) is 70.7 cm³/mol. The Labute approximate surface area is 105 Å². The number of nitrogens with one attached hydrogen (secondary N) is 1. The van der Waals surface area contributed by atoms with Crippen LogP contribution in [0.2, 0.25) is 0 Å². The largest absolute Gasteiger partial charge is 0.368 e. The van der Waals surface area contributed by atoms with Crippen molar-refractivity contribution in [2.24, 2.45) is 11.7 Å². The van der Waals surface area contributed by atoms with Crippen LogP contribution in [0.4, 0.5) is 0 Å². The van der Waals surface area contributed by atoms with Gasteiger partial charge in [-0.3, -0.25) is 4.79 Å². The molecule has 0 aliphatic carbocycles. The van der Waals surface area contributed by atoms with Gasteiger partial charge in [-0.15, -0.1) is 0 Å². The van der Waals surface area contributed by atoms with E-state index in [1.807, 2.05) is 0 Å². The van der Waals surface area contributed by atoms with E-state index in [0.717, 1.165) is 31.8 Å². The van der Waals surface area contributed by atoms with Gasteiger partial charge in [0.05, 0.1) is 6.04 Å². The van der Waals surface area contributed by atoms with Crippen molar-refractivity contribution in [3.05, 3.63) is 0 Å². The molecule has 1 aliphatic rings. The fraction of sp³-hybridized carbons (Fsp3) is 0.923. The average Bonchev–Trinajstić information content (AvgIpc) is 2.76. The number of primary amides is 1. The maximum atomic E-state index is 11.3. The molecule has 0 spiro atoms. The number of nitrogens with zero attached hydrogens (tertiary/aromatic N) is 1. The van der Waals surface area contributed by atoms with Gasteiger partial charge < -0.3 is 16.0 Å².